The minimum Gasteiger partial charge on any atom is -0.315 e. The summed E-state index contributed by atoms with van der Waals surface area (Å²) in [7, 11) is 0. The van der Waals surface area contributed by atoms with E-state index in [1.165, 1.54) is 0 Å². The molecule has 0 heterocycles. The summed E-state index contributed by atoms with van der Waals surface area (Å²) in [5.41, 5.74) is 1.45. The zero-order chi connectivity index (χ0) is 12.7. The number of rotatable bonds is 7. The number of hydrogen-bond donors (Lipinski definition) is 2. The Bertz CT molecular complexity index is 337. The molecule has 0 bridgehead atoms. The molecular weight excluding hydrogens is 215 g/mol. The molecule has 0 aliphatic heterocycles. The van der Waals surface area contributed by atoms with Gasteiger partial charge in [-0.2, -0.15) is 0 Å². The van der Waals surface area contributed by atoms with E-state index in [0.717, 1.165) is 25.2 Å². The van der Waals surface area contributed by atoms with Gasteiger partial charge in [0.1, 0.15) is 5.82 Å². The summed E-state index contributed by atoms with van der Waals surface area (Å²) in [6.45, 7) is 9.57. The summed E-state index contributed by atoms with van der Waals surface area (Å²) in [5.74, 6) is 0.583. The predicted octanol–water partition coefficient (Wildman–Crippen LogP) is 2.47. The fourth-order valence-electron chi connectivity index (χ4n) is 1.64. The van der Waals surface area contributed by atoms with E-state index in [2.05, 4.69) is 24.5 Å². The van der Waals surface area contributed by atoms with Crippen molar-refractivity contribution in [1.29, 1.82) is 0 Å². The lowest BCUT2D eigenvalue weighted by Crippen LogP contribution is -2.29. The molecule has 0 radical (unpaired) electrons. The number of halogens is 1. The Balaban J connectivity index is 2.20. The van der Waals surface area contributed by atoms with E-state index in [9.17, 15) is 4.39 Å². The van der Waals surface area contributed by atoms with Crippen molar-refractivity contribution in [3.63, 3.8) is 0 Å². The molecule has 1 aromatic carbocycles. The molecule has 96 valence electrons. The average Bonchev–Trinajstić information content (AvgIpc) is 2.28. The molecule has 2 N–H and O–H groups in total. The second-order valence-electron chi connectivity index (χ2n) is 4.82. The minimum absolute atomic E-state index is 0.0878. The average molecular weight is 238 g/mol. The van der Waals surface area contributed by atoms with E-state index in [1.807, 2.05) is 12.1 Å². The summed E-state index contributed by atoms with van der Waals surface area (Å²) in [5, 5.41) is 6.58. The Labute approximate surface area is 104 Å². The predicted molar refractivity (Wildman–Crippen MR) is 70.6 cm³/mol. The molecule has 17 heavy (non-hydrogen) atoms. The molecule has 0 unspecified atom stereocenters. The Morgan fingerprint density at radius 2 is 1.88 bits per heavy atom. The summed E-state index contributed by atoms with van der Waals surface area (Å²) in [6.07, 6.45) is 0. The van der Waals surface area contributed by atoms with Crippen molar-refractivity contribution < 1.29 is 4.39 Å². The lowest BCUT2D eigenvalue weighted by molar-refractivity contribution is 0.529. The van der Waals surface area contributed by atoms with Gasteiger partial charge in [0.05, 0.1) is 0 Å². The maximum absolute atomic E-state index is 13.6. The van der Waals surface area contributed by atoms with E-state index < -0.39 is 0 Å². The van der Waals surface area contributed by atoms with Crippen LogP contribution in [0.4, 0.5) is 4.39 Å². The lowest BCUT2D eigenvalue weighted by Gasteiger charge is -2.09. The summed E-state index contributed by atoms with van der Waals surface area (Å²) in [6, 6.07) is 5.52. The van der Waals surface area contributed by atoms with Crippen LogP contribution in [0.3, 0.4) is 0 Å². The van der Waals surface area contributed by atoms with Crippen LogP contribution in [0.25, 0.3) is 0 Å². The van der Waals surface area contributed by atoms with Crippen molar-refractivity contribution in [3.8, 4) is 0 Å². The van der Waals surface area contributed by atoms with Crippen LogP contribution in [-0.4, -0.2) is 19.6 Å². The molecule has 0 aliphatic carbocycles. The van der Waals surface area contributed by atoms with Gasteiger partial charge in [0, 0.05) is 25.2 Å². The monoisotopic (exact) mass is 238 g/mol. The molecule has 2 nitrogen and oxygen atoms in total. The van der Waals surface area contributed by atoms with Crippen molar-refractivity contribution >= 4 is 0 Å². The van der Waals surface area contributed by atoms with Gasteiger partial charge in [-0.3, -0.25) is 0 Å². The van der Waals surface area contributed by atoms with Gasteiger partial charge in [-0.1, -0.05) is 32.0 Å². The number of nitrogens with one attached hydrogen (secondary N) is 2. The van der Waals surface area contributed by atoms with Crippen LogP contribution in [0.1, 0.15) is 25.0 Å². The third-order valence-corrected chi connectivity index (χ3v) is 2.62. The quantitative estimate of drug-likeness (QED) is 0.713. The summed E-state index contributed by atoms with van der Waals surface area (Å²) in [4.78, 5) is 0. The van der Waals surface area contributed by atoms with Crippen LogP contribution < -0.4 is 10.6 Å². The Morgan fingerprint density at radius 1 is 1.18 bits per heavy atom. The summed E-state index contributed by atoms with van der Waals surface area (Å²) >= 11 is 0. The summed E-state index contributed by atoms with van der Waals surface area (Å²) < 4.78 is 13.6. The topological polar surface area (TPSA) is 24.1 Å². The molecule has 0 aromatic heterocycles. The highest BCUT2D eigenvalue weighted by atomic mass is 19.1. The number of hydrogen-bond acceptors (Lipinski definition) is 2. The van der Waals surface area contributed by atoms with Gasteiger partial charge in [-0.15, -0.1) is 0 Å². The third-order valence-electron chi connectivity index (χ3n) is 2.62. The first-order valence-electron chi connectivity index (χ1n) is 6.26. The van der Waals surface area contributed by atoms with Gasteiger partial charge in [-0.25, -0.2) is 4.39 Å². The number of benzene rings is 1. The molecule has 0 spiro atoms. The highest BCUT2D eigenvalue weighted by Crippen LogP contribution is 2.11. The molecule has 1 rings (SSSR count). The second-order valence-corrected chi connectivity index (χ2v) is 4.82. The van der Waals surface area contributed by atoms with Crippen molar-refractivity contribution in [2.24, 2.45) is 5.92 Å². The SMILES string of the molecule is Cc1cccc(CNCCNCC(C)C)c1F. The molecular formula is C14H23FN2. The van der Waals surface area contributed by atoms with E-state index in [-0.39, 0.29) is 5.82 Å². The zero-order valence-corrected chi connectivity index (χ0v) is 11.0. The van der Waals surface area contributed by atoms with E-state index in [4.69, 9.17) is 0 Å². The highest BCUT2D eigenvalue weighted by molar-refractivity contribution is 5.24. The van der Waals surface area contributed by atoms with Gasteiger partial charge >= 0.3 is 0 Å². The van der Waals surface area contributed by atoms with Crippen LogP contribution >= 0.6 is 0 Å². The molecule has 0 saturated heterocycles. The maximum atomic E-state index is 13.6. The standard InChI is InChI=1S/C14H23FN2/c1-11(2)9-16-7-8-17-10-13-6-4-5-12(3)14(13)15/h4-6,11,16-17H,7-10H2,1-3H3. The minimum atomic E-state index is -0.0878. The molecule has 0 aliphatic rings. The number of aryl methyl sites for hydroxylation is 1. The fraction of sp³-hybridized carbons (Fsp3) is 0.571. The first-order valence-corrected chi connectivity index (χ1v) is 6.26. The third kappa shape index (κ3) is 5.29. The van der Waals surface area contributed by atoms with Gasteiger partial charge in [0.15, 0.2) is 0 Å². The van der Waals surface area contributed by atoms with Gasteiger partial charge in [-0.05, 0) is 24.9 Å². The normalized spacial score (nSPS) is 11.1. The molecule has 3 heteroatoms. The molecule has 0 saturated carbocycles. The van der Waals surface area contributed by atoms with Gasteiger partial charge in [0.2, 0.25) is 0 Å². The largest absolute Gasteiger partial charge is 0.315 e. The fourth-order valence-corrected chi connectivity index (χ4v) is 1.64. The van der Waals surface area contributed by atoms with Crippen LogP contribution in [0.5, 0.6) is 0 Å². The van der Waals surface area contributed by atoms with E-state index >= 15 is 0 Å². The van der Waals surface area contributed by atoms with Crippen LogP contribution in [0.2, 0.25) is 0 Å². The van der Waals surface area contributed by atoms with Crippen LogP contribution in [0.15, 0.2) is 18.2 Å². The smallest absolute Gasteiger partial charge is 0.130 e. The Hall–Kier alpha value is -0.930. The van der Waals surface area contributed by atoms with Crippen LogP contribution in [-0.2, 0) is 6.54 Å². The van der Waals surface area contributed by atoms with Gasteiger partial charge in [0.25, 0.3) is 0 Å². The maximum Gasteiger partial charge on any atom is 0.130 e. The van der Waals surface area contributed by atoms with Crippen molar-refractivity contribution in [2.75, 3.05) is 19.6 Å². The van der Waals surface area contributed by atoms with Crippen molar-refractivity contribution in [3.05, 3.63) is 35.1 Å². The highest BCUT2D eigenvalue weighted by Gasteiger charge is 2.03. The Kier molecular flexibility index (Phi) is 6.16. The first-order chi connectivity index (χ1) is 8.11. The van der Waals surface area contributed by atoms with E-state index in [0.29, 0.717) is 18.0 Å². The van der Waals surface area contributed by atoms with Gasteiger partial charge < -0.3 is 10.6 Å². The molecule has 1 aromatic rings. The Morgan fingerprint density at radius 3 is 2.59 bits per heavy atom. The van der Waals surface area contributed by atoms with Crippen molar-refractivity contribution in [1.82, 2.24) is 10.6 Å². The van der Waals surface area contributed by atoms with Crippen LogP contribution in [0, 0.1) is 18.7 Å². The van der Waals surface area contributed by atoms with E-state index in [1.54, 1.807) is 13.0 Å². The zero-order valence-electron chi connectivity index (χ0n) is 11.0. The lowest BCUT2D eigenvalue weighted by atomic mass is 10.1. The molecule has 0 atom stereocenters. The van der Waals surface area contributed by atoms with Crippen molar-refractivity contribution in [2.45, 2.75) is 27.3 Å². The molecule has 0 amide bonds. The first kappa shape index (κ1) is 14.1. The molecule has 0 fully saturated rings. The second kappa shape index (κ2) is 7.41.